The second kappa shape index (κ2) is 5.24. The molecule has 0 radical (unpaired) electrons. The van der Waals surface area contributed by atoms with E-state index in [1.807, 2.05) is 6.07 Å². The minimum atomic E-state index is -0.442. The second-order valence-corrected chi connectivity index (χ2v) is 5.65. The maximum atomic E-state index is 13.2. The predicted octanol–water partition coefficient (Wildman–Crippen LogP) is 4.66. The molecular formula is C15H12Cl2FNO. The van der Waals surface area contributed by atoms with E-state index in [1.54, 1.807) is 24.3 Å². The van der Waals surface area contributed by atoms with Gasteiger partial charge >= 0.3 is 0 Å². The van der Waals surface area contributed by atoms with Crippen molar-refractivity contribution in [2.75, 3.05) is 0 Å². The molecule has 2 atom stereocenters. The molecule has 2 N–H and O–H groups in total. The van der Waals surface area contributed by atoms with Crippen LogP contribution in [0.4, 0.5) is 4.39 Å². The lowest BCUT2D eigenvalue weighted by Crippen LogP contribution is -2.24. The van der Waals surface area contributed by atoms with Crippen LogP contribution in [-0.4, -0.2) is 0 Å². The van der Waals surface area contributed by atoms with Crippen LogP contribution in [0.2, 0.25) is 10.0 Å². The van der Waals surface area contributed by atoms with Gasteiger partial charge in [0.05, 0.1) is 5.02 Å². The van der Waals surface area contributed by atoms with Gasteiger partial charge in [-0.25, -0.2) is 4.39 Å². The molecule has 0 saturated carbocycles. The van der Waals surface area contributed by atoms with Crippen molar-refractivity contribution in [3.8, 4) is 5.75 Å². The van der Waals surface area contributed by atoms with Crippen molar-refractivity contribution in [1.82, 2.24) is 0 Å². The molecule has 104 valence electrons. The van der Waals surface area contributed by atoms with Crippen molar-refractivity contribution >= 4 is 23.2 Å². The predicted molar refractivity (Wildman–Crippen MR) is 77.8 cm³/mol. The highest BCUT2D eigenvalue weighted by Crippen LogP contribution is 2.41. The third-order valence-electron chi connectivity index (χ3n) is 3.42. The number of hydrogen-bond donors (Lipinski definition) is 1. The molecule has 20 heavy (non-hydrogen) atoms. The maximum Gasteiger partial charge on any atom is 0.141 e. The highest BCUT2D eigenvalue weighted by Gasteiger charge is 2.27. The van der Waals surface area contributed by atoms with E-state index in [0.717, 1.165) is 11.1 Å². The van der Waals surface area contributed by atoms with E-state index < -0.39 is 5.82 Å². The smallest absolute Gasteiger partial charge is 0.141 e. The lowest BCUT2D eigenvalue weighted by atomic mass is 9.93. The van der Waals surface area contributed by atoms with Crippen molar-refractivity contribution < 1.29 is 9.13 Å². The molecule has 0 fully saturated rings. The third-order valence-corrected chi connectivity index (χ3v) is 3.95. The lowest BCUT2D eigenvalue weighted by molar-refractivity contribution is 0.161. The Kier molecular flexibility index (Phi) is 3.59. The molecule has 0 spiro atoms. The zero-order chi connectivity index (χ0) is 14.3. The molecule has 5 heteroatoms. The van der Waals surface area contributed by atoms with Crippen LogP contribution in [0.1, 0.15) is 29.7 Å². The fourth-order valence-corrected chi connectivity index (χ4v) is 2.76. The molecule has 1 aliphatic heterocycles. The standard InChI is InChI=1S/C15H12Cl2FNO/c16-9-2-4-14-10(6-9)13(19)7-15(20-14)8-1-3-12(18)11(17)5-8/h1-6,13,15H,7,19H2. The Bertz CT molecular complexity index is 662. The van der Waals surface area contributed by atoms with Gasteiger partial charge in [0.25, 0.3) is 0 Å². The highest BCUT2D eigenvalue weighted by atomic mass is 35.5. The molecular weight excluding hydrogens is 300 g/mol. The highest BCUT2D eigenvalue weighted by molar-refractivity contribution is 6.31. The Morgan fingerprint density at radius 2 is 1.95 bits per heavy atom. The summed E-state index contributed by atoms with van der Waals surface area (Å²) < 4.78 is 19.1. The molecule has 0 bridgehead atoms. The Morgan fingerprint density at radius 1 is 1.15 bits per heavy atom. The molecule has 1 aliphatic rings. The molecule has 2 nitrogen and oxygen atoms in total. The first-order chi connectivity index (χ1) is 9.54. The molecule has 2 unspecified atom stereocenters. The summed E-state index contributed by atoms with van der Waals surface area (Å²) >= 11 is 11.8. The van der Waals surface area contributed by atoms with Crippen LogP contribution in [0.3, 0.4) is 0 Å². The first kappa shape index (κ1) is 13.7. The molecule has 0 aliphatic carbocycles. The quantitative estimate of drug-likeness (QED) is 0.831. The van der Waals surface area contributed by atoms with Gasteiger partial charge in [-0.2, -0.15) is 0 Å². The summed E-state index contributed by atoms with van der Waals surface area (Å²) in [6.07, 6.45) is 0.353. The van der Waals surface area contributed by atoms with Crippen LogP contribution in [0.15, 0.2) is 36.4 Å². The van der Waals surface area contributed by atoms with Gasteiger partial charge < -0.3 is 10.5 Å². The first-order valence-corrected chi connectivity index (χ1v) is 6.97. The molecule has 0 saturated heterocycles. The number of ether oxygens (including phenoxy) is 1. The zero-order valence-electron chi connectivity index (χ0n) is 10.4. The van der Waals surface area contributed by atoms with Crippen LogP contribution in [0, 0.1) is 5.82 Å². The Labute approximate surface area is 126 Å². The number of halogens is 3. The van der Waals surface area contributed by atoms with Crippen molar-refractivity contribution in [1.29, 1.82) is 0 Å². The van der Waals surface area contributed by atoms with Crippen LogP contribution in [0.5, 0.6) is 5.75 Å². The van der Waals surface area contributed by atoms with Gasteiger partial charge in [0.2, 0.25) is 0 Å². The van der Waals surface area contributed by atoms with E-state index in [9.17, 15) is 4.39 Å². The summed E-state index contributed by atoms with van der Waals surface area (Å²) in [5.41, 5.74) is 7.87. The number of hydrogen-bond acceptors (Lipinski definition) is 2. The lowest BCUT2D eigenvalue weighted by Gasteiger charge is -2.30. The normalized spacial score (nSPS) is 21.2. The van der Waals surface area contributed by atoms with Crippen LogP contribution in [-0.2, 0) is 0 Å². The summed E-state index contributed by atoms with van der Waals surface area (Å²) in [4.78, 5) is 0. The maximum absolute atomic E-state index is 13.2. The van der Waals surface area contributed by atoms with Crippen molar-refractivity contribution in [3.63, 3.8) is 0 Å². The average molecular weight is 312 g/mol. The summed E-state index contributed by atoms with van der Waals surface area (Å²) in [6, 6.07) is 9.78. The molecule has 2 aromatic rings. The molecule has 0 amide bonds. The van der Waals surface area contributed by atoms with E-state index in [1.165, 1.54) is 6.07 Å². The largest absolute Gasteiger partial charge is 0.485 e. The van der Waals surface area contributed by atoms with Crippen molar-refractivity contribution in [3.05, 3.63) is 63.4 Å². The third kappa shape index (κ3) is 2.49. The Morgan fingerprint density at radius 3 is 2.70 bits per heavy atom. The number of fused-ring (bicyclic) bond motifs is 1. The second-order valence-electron chi connectivity index (χ2n) is 4.80. The molecule has 1 heterocycles. The summed E-state index contributed by atoms with van der Waals surface area (Å²) in [5.74, 6) is 0.265. The van der Waals surface area contributed by atoms with Gasteiger partial charge in [-0.1, -0.05) is 29.3 Å². The van der Waals surface area contributed by atoms with Crippen molar-refractivity contribution in [2.24, 2.45) is 5.73 Å². The van der Waals surface area contributed by atoms with Crippen LogP contribution < -0.4 is 10.5 Å². The first-order valence-electron chi connectivity index (χ1n) is 6.21. The fraction of sp³-hybridized carbons (Fsp3) is 0.200. The van der Waals surface area contributed by atoms with E-state index in [2.05, 4.69) is 0 Å². The fourth-order valence-electron chi connectivity index (χ4n) is 2.39. The van der Waals surface area contributed by atoms with E-state index in [-0.39, 0.29) is 17.2 Å². The number of benzene rings is 2. The SMILES string of the molecule is NC1CC(c2ccc(F)c(Cl)c2)Oc2ccc(Cl)cc21. The number of rotatable bonds is 1. The average Bonchev–Trinajstić information content (AvgIpc) is 2.42. The molecule has 0 aromatic heterocycles. The van der Waals surface area contributed by atoms with Gasteiger partial charge in [-0.3, -0.25) is 0 Å². The summed E-state index contributed by atoms with van der Waals surface area (Å²) in [7, 11) is 0. The van der Waals surface area contributed by atoms with Gasteiger partial charge in [0.1, 0.15) is 17.7 Å². The van der Waals surface area contributed by atoms with E-state index in [0.29, 0.717) is 17.2 Å². The van der Waals surface area contributed by atoms with Gasteiger partial charge in [-0.15, -0.1) is 0 Å². The van der Waals surface area contributed by atoms with Crippen LogP contribution in [0.25, 0.3) is 0 Å². The summed E-state index contributed by atoms with van der Waals surface area (Å²) in [5, 5.41) is 0.715. The van der Waals surface area contributed by atoms with E-state index in [4.69, 9.17) is 33.7 Å². The van der Waals surface area contributed by atoms with E-state index >= 15 is 0 Å². The Hall–Kier alpha value is -1.29. The topological polar surface area (TPSA) is 35.2 Å². The van der Waals surface area contributed by atoms with Crippen molar-refractivity contribution in [2.45, 2.75) is 18.6 Å². The zero-order valence-corrected chi connectivity index (χ0v) is 12.0. The van der Waals surface area contributed by atoms with Gasteiger partial charge in [0, 0.05) is 23.0 Å². The minimum Gasteiger partial charge on any atom is -0.485 e. The minimum absolute atomic E-state index is 0.0848. The molecule has 2 aromatic carbocycles. The monoisotopic (exact) mass is 311 g/mol. The van der Waals surface area contributed by atoms with Gasteiger partial charge in [0.15, 0.2) is 0 Å². The Balaban J connectivity index is 1.94. The van der Waals surface area contributed by atoms with Crippen LogP contribution >= 0.6 is 23.2 Å². The number of nitrogens with two attached hydrogens (primary N) is 1. The van der Waals surface area contributed by atoms with Gasteiger partial charge in [-0.05, 0) is 35.9 Å². The summed E-state index contributed by atoms with van der Waals surface area (Å²) in [6.45, 7) is 0. The molecule has 3 rings (SSSR count).